The molecule has 7 nitrogen and oxygen atoms in total. The number of carbonyl (C=O) groups is 1. The summed E-state index contributed by atoms with van der Waals surface area (Å²) in [6.45, 7) is 1.08. The molecule has 2 aliphatic rings. The van der Waals surface area contributed by atoms with Gasteiger partial charge in [0.1, 0.15) is 0 Å². The fourth-order valence-electron chi connectivity index (χ4n) is 4.89. The van der Waals surface area contributed by atoms with Gasteiger partial charge in [-0.05, 0) is 43.0 Å². The second-order valence-corrected chi connectivity index (χ2v) is 9.69. The molecule has 0 unspecified atom stereocenters. The lowest BCUT2D eigenvalue weighted by Crippen LogP contribution is -2.42. The molecule has 162 valence electrons. The monoisotopic (exact) mass is 440 g/mol. The number of nitrogens with zero attached hydrogens (tertiary/aromatic N) is 2. The molecule has 1 aromatic heterocycles. The van der Waals surface area contributed by atoms with Crippen LogP contribution in [0.25, 0.3) is 10.9 Å². The van der Waals surface area contributed by atoms with Crippen molar-refractivity contribution in [3.63, 3.8) is 0 Å². The van der Waals surface area contributed by atoms with Crippen molar-refractivity contribution >= 4 is 26.9 Å². The third-order valence-corrected chi connectivity index (χ3v) is 7.97. The number of hydrogen-bond donors (Lipinski definition) is 0. The molecule has 0 N–H and O–H groups in total. The third kappa shape index (κ3) is 3.17. The Bertz CT molecular complexity index is 1240. The Labute approximate surface area is 181 Å². The van der Waals surface area contributed by atoms with Gasteiger partial charge in [-0.3, -0.25) is 9.63 Å². The van der Waals surface area contributed by atoms with Gasteiger partial charge in [0.15, 0.2) is 0 Å². The maximum absolute atomic E-state index is 13.9. The van der Waals surface area contributed by atoms with Gasteiger partial charge in [0.2, 0.25) is 0 Å². The van der Waals surface area contributed by atoms with Gasteiger partial charge in [-0.25, -0.2) is 12.4 Å². The Balaban J connectivity index is 1.83. The number of methoxy groups -OCH3 is 1. The van der Waals surface area contributed by atoms with Crippen LogP contribution in [0.5, 0.6) is 0 Å². The second kappa shape index (κ2) is 7.78. The first-order chi connectivity index (χ1) is 15.0. The first kappa shape index (κ1) is 20.2. The van der Waals surface area contributed by atoms with E-state index in [-0.39, 0.29) is 10.9 Å². The highest BCUT2D eigenvalue weighted by Gasteiger charge is 2.45. The number of carbonyl (C=O) groups excluding carboxylic acids is 1. The van der Waals surface area contributed by atoms with Crippen molar-refractivity contribution in [3.8, 4) is 0 Å². The molecule has 31 heavy (non-hydrogen) atoms. The van der Waals surface area contributed by atoms with Gasteiger partial charge < -0.3 is 4.74 Å². The quantitative estimate of drug-likeness (QED) is 0.582. The van der Waals surface area contributed by atoms with E-state index in [4.69, 9.17) is 9.57 Å². The molecule has 8 heteroatoms. The summed E-state index contributed by atoms with van der Waals surface area (Å²) in [7, 11) is -2.53. The molecule has 3 aromatic rings. The zero-order valence-electron chi connectivity index (χ0n) is 17.2. The van der Waals surface area contributed by atoms with Crippen molar-refractivity contribution in [3.05, 3.63) is 65.9 Å². The van der Waals surface area contributed by atoms with Crippen LogP contribution in [0.3, 0.4) is 0 Å². The normalized spacial score (nSPS) is 21.8. The number of ether oxygens (including phenoxy) is 1. The number of aromatic nitrogens is 1. The summed E-state index contributed by atoms with van der Waals surface area (Å²) in [5.41, 5.74) is 2.18. The standard InChI is InChI=1S/C23H24N2O5S/c1-29-23(26)19-11-7-15-30-24-14-13-18-17-10-5-6-12-20(17)25(22(18)21(19)24)31(27,28)16-8-3-2-4-9-16/h2-6,8-10,12,19,21H,7,11,13-15H2,1H3/t19-,21+/m1/s1. The van der Waals surface area contributed by atoms with Crippen LogP contribution < -0.4 is 0 Å². The number of para-hydroxylation sites is 1. The van der Waals surface area contributed by atoms with Gasteiger partial charge in [0.25, 0.3) is 10.0 Å². The number of benzene rings is 2. The minimum absolute atomic E-state index is 0.208. The van der Waals surface area contributed by atoms with E-state index in [2.05, 4.69) is 0 Å². The largest absolute Gasteiger partial charge is 0.469 e. The van der Waals surface area contributed by atoms with Crippen molar-refractivity contribution < 1.29 is 22.8 Å². The molecule has 0 aliphatic carbocycles. The van der Waals surface area contributed by atoms with Gasteiger partial charge >= 0.3 is 5.97 Å². The molecule has 3 heterocycles. The molecule has 5 rings (SSSR count). The minimum Gasteiger partial charge on any atom is -0.469 e. The van der Waals surface area contributed by atoms with E-state index in [0.717, 1.165) is 10.9 Å². The molecule has 1 fully saturated rings. The van der Waals surface area contributed by atoms with Crippen LogP contribution in [-0.2, 0) is 30.8 Å². The van der Waals surface area contributed by atoms with E-state index in [9.17, 15) is 13.2 Å². The summed E-state index contributed by atoms with van der Waals surface area (Å²) in [4.78, 5) is 19.0. The fourth-order valence-corrected chi connectivity index (χ4v) is 6.50. The van der Waals surface area contributed by atoms with Crippen LogP contribution in [0.1, 0.15) is 30.1 Å². The first-order valence-electron chi connectivity index (χ1n) is 10.4. The van der Waals surface area contributed by atoms with Crippen molar-refractivity contribution in [2.75, 3.05) is 20.3 Å². The molecular formula is C23H24N2O5S. The summed E-state index contributed by atoms with van der Waals surface area (Å²) >= 11 is 0. The highest BCUT2D eigenvalue weighted by Crippen LogP contribution is 2.45. The van der Waals surface area contributed by atoms with Crippen molar-refractivity contribution in [1.82, 2.24) is 9.04 Å². The number of esters is 1. The molecule has 0 spiro atoms. The van der Waals surface area contributed by atoms with E-state index in [0.29, 0.717) is 43.6 Å². The molecule has 0 radical (unpaired) electrons. The Kier molecular flexibility index (Phi) is 5.08. The minimum atomic E-state index is -3.90. The van der Waals surface area contributed by atoms with Crippen molar-refractivity contribution in [2.45, 2.75) is 30.2 Å². The molecule has 0 bridgehead atoms. The topological polar surface area (TPSA) is 77.8 Å². The zero-order chi connectivity index (χ0) is 21.6. The summed E-state index contributed by atoms with van der Waals surface area (Å²) in [6.07, 6.45) is 1.91. The predicted octanol–water partition coefficient (Wildman–Crippen LogP) is 3.29. The number of fused-ring (bicyclic) bond motifs is 5. The average molecular weight is 441 g/mol. The van der Waals surface area contributed by atoms with Gasteiger partial charge in [-0.1, -0.05) is 36.4 Å². The summed E-state index contributed by atoms with van der Waals surface area (Å²) in [5.74, 6) is -0.858. The lowest BCUT2D eigenvalue weighted by atomic mass is 9.87. The van der Waals surface area contributed by atoms with Crippen LogP contribution in [0, 0.1) is 5.92 Å². The van der Waals surface area contributed by atoms with E-state index in [1.807, 2.05) is 24.3 Å². The van der Waals surface area contributed by atoms with Crippen LogP contribution in [-0.4, -0.2) is 43.7 Å². The number of hydrogen-bond acceptors (Lipinski definition) is 6. The molecule has 1 saturated heterocycles. The average Bonchev–Trinajstić information content (AvgIpc) is 2.99. The fraction of sp³-hybridized carbons (Fsp3) is 0.348. The lowest BCUT2D eigenvalue weighted by molar-refractivity contribution is -0.197. The van der Waals surface area contributed by atoms with Gasteiger partial charge in [0, 0.05) is 11.9 Å². The SMILES string of the molecule is COC(=O)[C@@H]1CCCON2CCc3c(n(S(=O)(=O)c4ccccc4)c4ccccc34)[C@H]12. The maximum atomic E-state index is 13.9. The van der Waals surface area contributed by atoms with Crippen LogP contribution in [0.15, 0.2) is 59.5 Å². The maximum Gasteiger partial charge on any atom is 0.310 e. The van der Waals surface area contributed by atoms with Crippen molar-refractivity contribution in [1.29, 1.82) is 0 Å². The van der Waals surface area contributed by atoms with E-state index in [1.54, 1.807) is 35.4 Å². The van der Waals surface area contributed by atoms with E-state index in [1.165, 1.54) is 11.1 Å². The summed E-state index contributed by atoms with van der Waals surface area (Å²) in [5, 5.41) is 2.68. The lowest BCUT2D eigenvalue weighted by Gasteiger charge is -2.37. The summed E-state index contributed by atoms with van der Waals surface area (Å²) in [6, 6.07) is 15.4. The Morgan fingerprint density at radius 3 is 2.61 bits per heavy atom. The van der Waals surface area contributed by atoms with Gasteiger partial charge in [-0.2, -0.15) is 5.06 Å². The molecule has 2 aliphatic heterocycles. The van der Waals surface area contributed by atoms with Crippen LogP contribution in [0.4, 0.5) is 0 Å². The molecule has 2 aromatic carbocycles. The molecule has 2 atom stereocenters. The van der Waals surface area contributed by atoms with Crippen LogP contribution in [0.2, 0.25) is 0 Å². The predicted molar refractivity (Wildman–Crippen MR) is 115 cm³/mol. The highest BCUT2D eigenvalue weighted by atomic mass is 32.2. The Hall–Kier alpha value is -2.68. The zero-order valence-corrected chi connectivity index (χ0v) is 18.0. The van der Waals surface area contributed by atoms with Gasteiger partial charge in [-0.15, -0.1) is 0 Å². The second-order valence-electron chi connectivity index (χ2n) is 7.90. The Morgan fingerprint density at radius 2 is 1.84 bits per heavy atom. The Morgan fingerprint density at radius 1 is 1.10 bits per heavy atom. The third-order valence-electron chi connectivity index (χ3n) is 6.23. The first-order valence-corrected chi connectivity index (χ1v) is 11.9. The van der Waals surface area contributed by atoms with E-state index >= 15 is 0 Å². The van der Waals surface area contributed by atoms with Crippen LogP contribution >= 0.6 is 0 Å². The summed E-state index contributed by atoms with van der Waals surface area (Å²) < 4.78 is 34.3. The molecule has 0 amide bonds. The number of rotatable bonds is 3. The highest BCUT2D eigenvalue weighted by molar-refractivity contribution is 7.90. The van der Waals surface area contributed by atoms with E-state index < -0.39 is 22.0 Å². The van der Waals surface area contributed by atoms with Crippen molar-refractivity contribution in [2.24, 2.45) is 5.92 Å². The number of hydroxylamine groups is 2. The molecular weight excluding hydrogens is 416 g/mol. The smallest absolute Gasteiger partial charge is 0.310 e. The van der Waals surface area contributed by atoms with Gasteiger partial charge in [0.05, 0.1) is 41.8 Å². The molecule has 0 saturated carbocycles.